The molecule has 0 spiro atoms. The molecule has 0 saturated carbocycles. The van der Waals surface area contributed by atoms with E-state index in [1.807, 2.05) is 24.3 Å². The van der Waals surface area contributed by atoms with Crippen LogP contribution in [0, 0.1) is 0 Å². The van der Waals surface area contributed by atoms with E-state index in [0.29, 0.717) is 18.1 Å². The summed E-state index contributed by atoms with van der Waals surface area (Å²) in [5, 5.41) is 9.39. The summed E-state index contributed by atoms with van der Waals surface area (Å²) in [6.07, 6.45) is 1.62. The van der Waals surface area contributed by atoms with Gasteiger partial charge in [-0.3, -0.25) is 10.00 Å². The van der Waals surface area contributed by atoms with Crippen LogP contribution in [0.1, 0.15) is 5.56 Å². The van der Waals surface area contributed by atoms with Crippen molar-refractivity contribution in [3.63, 3.8) is 0 Å². The normalized spacial score (nSPS) is 10.1. The number of nitrogens with two attached hydrogens (primary N) is 1. The molecule has 2 amide bonds. The molecule has 0 unspecified atom stereocenters. The highest BCUT2D eigenvalue weighted by atomic mass is 16.2. The molecule has 0 aliphatic carbocycles. The van der Waals surface area contributed by atoms with E-state index < -0.39 is 0 Å². The van der Waals surface area contributed by atoms with Crippen molar-refractivity contribution >= 4 is 17.5 Å². The molecule has 0 bridgehead atoms. The molecule has 18 heavy (non-hydrogen) atoms. The lowest BCUT2D eigenvalue weighted by Crippen LogP contribution is -2.21. The van der Waals surface area contributed by atoms with E-state index in [1.54, 1.807) is 24.0 Å². The number of aryl methyl sites for hydroxylation is 1. The van der Waals surface area contributed by atoms with Crippen LogP contribution in [0.3, 0.4) is 0 Å². The molecule has 0 aliphatic rings. The average molecular weight is 245 g/mol. The van der Waals surface area contributed by atoms with Gasteiger partial charge in [0.2, 0.25) is 0 Å². The van der Waals surface area contributed by atoms with Gasteiger partial charge in [0.05, 0.1) is 6.20 Å². The maximum absolute atomic E-state index is 11.7. The van der Waals surface area contributed by atoms with E-state index in [0.717, 1.165) is 5.56 Å². The summed E-state index contributed by atoms with van der Waals surface area (Å²) in [6.45, 7) is 0.443. The smallest absolute Gasteiger partial charge is 0.324 e. The van der Waals surface area contributed by atoms with Gasteiger partial charge in [0.25, 0.3) is 0 Å². The molecule has 0 radical (unpaired) electrons. The Balaban J connectivity index is 2.01. The van der Waals surface area contributed by atoms with Gasteiger partial charge in [-0.15, -0.1) is 0 Å². The number of nitrogens with zero attached hydrogens (tertiary/aromatic N) is 2. The Morgan fingerprint density at radius 1 is 1.39 bits per heavy atom. The molecule has 4 N–H and O–H groups in total. The van der Waals surface area contributed by atoms with Crippen molar-refractivity contribution in [1.29, 1.82) is 0 Å². The van der Waals surface area contributed by atoms with Crippen molar-refractivity contribution < 1.29 is 4.79 Å². The molecule has 2 aromatic rings. The van der Waals surface area contributed by atoms with Crippen LogP contribution in [0.4, 0.5) is 16.3 Å². The maximum atomic E-state index is 11.7. The summed E-state index contributed by atoms with van der Waals surface area (Å²) in [5.74, 6) is 0.627. The van der Waals surface area contributed by atoms with Crippen LogP contribution in [-0.2, 0) is 13.6 Å². The first kappa shape index (κ1) is 12.1. The zero-order valence-electron chi connectivity index (χ0n) is 10.1. The SMILES string of the molecule is Cn1nccc1NC(=O)Nc1cccc(CN)c1. The Bertz CT molecular complexity index is 549. The fraction of sp³-hybridized carbons (Fsp3) is 0.167. The van der Waals surface area contributed by atoms with E-state index in [-0.39, 0.29) is 6.03 Å². The largest absolute Gasteiger partial charge is 0.326 e. The van der Waals surface area contributed by atoms with E-state index in [1.165, 1.54) is 0 Å². The number of benzene rings is 1. The van der Waals surface area contributed by atoms with Gasteiger partial charge in [0.1, 0.15) is 5.82 Å². The summed E-state index contributed by atoms with van der Waals surface area (Å²) in [4.78, 5) is 11.7. The number of aromatic nitrogens is 2. The molecule has 0 atom stereocenters. The van der Waals surface area contributed by atoms with Crippen molar-refractivity contribution in [3.05, 3.63) is 42.1 Å². The Morgan fingerprint density at radius 2 is 2.22 bits per heavy atom. The van der Waals surface area contributed by atoms with Crippen LogP contribution in [0.5, 0.6) is 0 Å². The first-order chi connectivity index (χ1) is 8.69. The van der Waals surface area contributed by atoms with Crippen LogP contribution >= 0.6 is 0 Å². The van der Waals surface area contributed by atoms with Crippen molar-refractivity contribution in [2.75, 3.05) is 10.6 Å². The molecule has 6 nitrogen and oxygen atoms in total. The van der Waals surface area contributed by atoms with Crippen molar-refractivity contribution in [1.82, 2.24) is 9.78 Å². The Labute approximate surface area is 105 Å². The van der Waals surface area contributed by atoms with Gasteiger partial charge in [-0.05, 0) is 17.7 Å². The zero-order chi connectivity index (χ0) is 13.0. The van der Waals surface area contributed by atoms with E-state index in [2.05, 4.69) is 15.7 Å². The second-order valence-corrected chi connectivity index (χ2v) is 3.82. The fourth-order valence-corrected chi connectivity index (χ4v) is 1.55. The molecular formula is C12H15N5O. The minimum Gasteiger partial charge on any atom is -0.326 e. The van der Waals surface area contributed by atoms with Crippen LogP contribution in [0.15, 0.2) is 36.5 Å². The Morgan fingerprint density at radius 3 is 2.89 bits per heavy atom. The van der Waals surface area contributed by atoms with Crippen LogP contribution < -0.4 is 16.4 Å². The minimum atomic E-state index is -0.312. The number of amides is 2. The third-order valence-electron chi connectivity index (χ3n) is 2.48. The van der Waals surface area contributed by atoms with Crippen molar-refractivity contribution in [3.8, 4) is 0 Å². The number of anilines is 2. The Kier molecular flexibility index (Phi) is 3.59. The average Bonchev–Trinajstić information content (AvgIpc) is 2.75. The number of nitrogens with one attached hydrogen (secondary N) is 2. The highest BCUT2D eigenvalue weighted by molar-refractivity contribution is 5.99. The second-order valence-electron chi connectivity index (χ2n) is 3.82. The predicted molar refractivity (Wildman–Crippen MR) is 70.2 cm³/mol. The molecular weight excluding hydrogens is 230 g/mol. The first-order valence-corrected chi connectivity index (χ1v) is 5.54. The summed E-state index contributed by atoms with van der Waals surface area (Å²) in [5.41, 5.74) is 7.21. The third-order valence-corrected chi connectivity index (χ3v) is 2.48. The van der Waals surface area contributed by atoms with E-state index >= 15 is 0 Å². The topological polar surface area (TPSA) is 85.0 Å². The standard InChI is InChI=1S/C12H15N5O/c1-17-11(5-6-14-17)16-12(18)15-10-4-2-3-9(7-10)8-13/h2-7H,8,13H2,1H3,(H2,15,16,18). The number of hydrogen-bond acceptors (Lipinski definition) is 3. The monoisotopic (exact) mass is 245 g/mol. The molecule has 94 valence electrons. The summed E-state index contributed by atoms with van der Waals surface area (Å²) < 4.78 is 1.58. The third kappa shape index (κ3) is 2.86. The minimum absolute atomic E-state index is 0.312. The van der Waals surface area contributed by atoms with Gasteiger partial charge in [-0.2, -0.15) is 5.10 Å². The molecule has 0 saturated heterocycles. The lowest BCUT2D eigenvalue weighted by atomic mass is 10.2. The van der Waals surface area contributed by atoms with E-state index in [9.17, 15) is 4.79 Å². The lowest BCUT2D eigenvalue weighted by Gasteiger charge is -2.08. The van der Waals surface area contributed by atoms with Crippen molar-refractivity contribution in [2.45, 2.75) is 6.54 Å². The quantitative estimate of drug-likeness (QED) is 0.766. The van der Waals surface area contributed by atoms with Gasteiger partial charge < -0.3 is 11.1 Å². The number of hydrogen-bond donors (Lipinski definition) is 3. The number of urea groups is 1. The van der Waals surface area contributed by atoms with Crippen LogP contribution in [0.25, 0.3) is 0 Å². The lowest BCUT2D eigenvalue weighted by molar-refractivity contribution is 0.262. The molecule has 6 heteroatoms. The second kappa shape index (κ2) is 5.33. The predicted octanol–water partition coefficient (Wildman–Crippen LogP) is 1.52. The molecule has 2 rings (SSSR count). The van der Waals surface area contributed by atoms with Crippen LogP contribution in [-0.4, -0.2) is 15.8 Å². The van der Waals surface area contributed by atoms with Gasteiger partial charge >= 0.3 is 6.03 Å². The number of carbonyl (C=O) groups is 1. The van der Waals surface area contributed by atoms with Crippen molar-refractivity contribution in [2.24, 2.45) is 12.8 Å². The maximum Gasteiger partial charge on any atom is 0.324 e. The zero-order valence-corrected chi connectivity index (χ0v) is 10.1. The highest BCUT2D eigenvalue weighted by Crippen LogP contribution is 2.11. The molecule has 0 fully saturated rings. The number of rotatable bonds is 3. The summed E-state index contributed by atoms with van der Waals surface area (Å²) in [6, 6.07) is 8.81. The molecule has 1 heterocycles. The van der Waals surface area contributed by atoms with Gasteiger partial charge in [0.15, 0.2) is 0 Å². The Hall–Kier alpha value is -2.34. The van der Waals surface area contributed by atoms with Gasteiger partial charge in [-0.25, -0.2) is 4.79 Å². The summed E-state index contributed by atoms with van der Waals surface area (Å²) in [7, 11) is 1.75. The fourth-order valence-electron chi connectivity index (χ4n) is 1.55. The molecule has 1 aromatic carbocycles. The van der Waals surface area contributed by atoms with Crippen LogP contribution in [0.2, 0.25) is 0 Å². The first-order valence-electron chi connectivity index (χ1n) is 5.54. The summed E-state index contributed by atoms with van der Waals surface area (Å²) >= 11 is 0. The van der Waals surface area contributed by atoms with Gasteiger partial charge in [-0.1, -0.05) is 12.1 Å². The van der Waals surface area contributed by atoms with Gasteiger partial charge in [0, 0.05) is 25.3 Å². The molecule has 1 aromatic heterocycles. The van der Waals surface area contributed by atoms with E-state index in [4.69, 9.17) is 5.73 Å². The number of carbonyl (C=O) groups excluding carboxylic acids is 1. The molecule has 0 aliphatic heterocycles. The highest BCUT2D eigenvalue weighted by Gasteiger charge is 2.05.